The molecule has 0 amide bonds. The van der Waals surface area contributed by atoms with Gasteiger partial charge in [0.25, 0.3) is 0 Å². The lowest BCUT2D eigenvalue weighted by molar-refractivity contribution is 0.804. The molecule has 5 heteroatoms. The highest BCUT2D eigenvalue weighted by Crippen LogP contribution is 2.37. The van der Waals surface area contributed by atoms with Gasteiger partial charge >= 0.3 is 0 Å². The number of pyridine rings is 1. The highest BCUT2D eigenvalue weighted by atomic mass is 35.5. The van der Waals surface area contributed by atoms with Crippen LogP contribution >= 0.6 is 23.2 Å². The molecule has 3 aromatic rings. The lowest BCUT2D eigenvalue weighted by Crippen LogP contribution is -2.28. The molecule has 0 bridgehead atoms. The number of nitriles is 1. The molecule has 134 valence electrons. The second kappa shape index (κ2) is 7.23. The smallest absolute Gasteiger partial charge is 0.0945 e. The summed E-state index contributed by atoms with van der Waals surface area (Å²) in [5.41, 5.74) is 5.77. The van der Waals surface area contributed by atoms with Crippen LogP contribution in [0.15, 0.2) is 54.1 Å². The molecular weight excluding hydrogens is 377 g/mol. The maximum atomic E-state index is 9.10. The van der Waals surface area contributed by atoms with E-state index >= 15 is 0 Å². The highest BCUT2D eigenvalue weighted by Gasteiger charge is 2.18. The van der Waals surface area contributed by atoms with Crippen LogP contribution in [0.4, 0.5) is 5.69 Å². The Bertz CT molecular complexity index is 1110. The number of benzene rings is 2. The Labute approximate surface area is 168 Å². The molecule has 2 heterocycles. The first-order valence-electron chi connectivity index (χ1n) is 8.76. The monoisotopic (exact) mass is 393 g/mol. The maximum Gasteiger partial charge on any atom is 0.0945 e. The number of halogens is 2. The molecule has 0 saturated carbocycles. The van der Waals surface area contributed by atoms with Crippen molar-refractivity contribution in [3.63, 3.8) is 0 Å². The topological polar surface area (TPSA) is 39.9 Å². The van der Waals surface area contributed by atoms with Gasteiger partial charge in [0.15, 0.2) is 0 Å². The van der Waals surface area contributed by atoms with E-state index in [0.717, 1.165) is 58.5 Å². The molecule has 3 nitrogen and oxygen atoms in total. The van der Waals surface area contributed by atoms with E-state index < -0.39 is 0 Å². The minimum Gasteiger partial charge on any atom is -0.367 e. The fourth-order valence-corrected chi connectivity index (χ4v) is 4.04. The fourth-order valence-electron chi connectivity index (χ4n) is 3.53. The molecule has 0 atom stereocenters. The zero-order valence-electron chi connectivity index (χ0n) is 14.8. The van der Waals surface area contributed by atoms with Gasteiger partial charge in [-0.15, -0.1) is 0 Å². The average Bonchev–Trinajstić information content (AvgIpc) is 2.67. The molecule has 0 saturated heterocycles. The van der Waals surface area contributed by atoms with Gasteiger partial charge in [0.05, 0.1) is 11.6 Å². The van der Waals surface area contributed by atoms with E-state index in [1.807, 2.05) is 37.3 Å². The normalized spacial score (nSPS) is 14.1. The SMILES string of the molecule is Cc1cc(N2CC=C(C#N)CC2)c2cccc(-c3ccc(Cl)cc3Cl)c2n1. The third-order valence-corrected chi connectivity index (χ3v) is 5.41. The molecular formula is C22H17Cl2N3. The fraction of sp³-hybridized carbons (Fsp3) is 0.182. The first-order valence-corrected chi connectivity index (χ1v) is 9.52. The van der Waals surface area contributed by atoms with Gasteiger partial charge in [0.1, 0.15) is 0 Å². The number of hydrogen-bond acceptors (Lipinski definition) is 3. The molecule has 0 unspecified atom stereocenters. The van der Waals surface area contributed by atoms with Crippen LogP contribution < -0.4 is 4.90 Å². The van der Waals surface area contributed by atoms with E-state index in [9.17, 15) is 0 Å². The molecule has 0 radical (unpaired) electrons. The van der Waals surface area contributed by atoms with E-state index in [4.69, 9.17) is 33.4 Å². The van der Waals surface area contributed by atoms with Crippen LogP contribution in [0.25, 0.3) is 22.0 Å². The third kappa shape index (κ3) is 3.39. The van der Waals surface area contributed by atoms with Gasteiger partial charge in [0.2, 0.25) is 0 Å². The van der Waals surface area contributed by atoms with Gasteiger partial charge in [-0.3, -0.25) is 4.98 Å². The summed E-state index contributed by atoms with van der Waals surface area (Å²) < 4.78 is 0. The number of aryl methyl sites for hydroxylation is 1. The summed E-state index contributed by atoms with van der Waals surface area (Å²) in [6.45, 7) is 3.56. The molecule has 0 aliphatic carbocycles. The van der Waals surface area contributed by atoms with E-state index in [2.05, 4.69) is 23.1 Å². The minimum atomic E-state index is 0.611. The van der Waals surface area contributed by atoms with Gasteiger partial charge in [-0.2, -0.15) is 5.26 Å². The number of anilines is 1. The summed E-state index contributed by atoms with van der Waals surface area (Å²) in [6.07, 6.45) is 2.77. The molecule has 1 aliphatic heterocycles. The zero-order chi connectivity index (χ0) is 19.0. The van der Waals surface area contributed by atoms with E-state index in [1.54, 1.807) is 6.07 Å². The first kappa shape index (κ1) is 17.9. The maximum absolute atomic E-state index is 9.10. The van der Waals surface area contributed by atoms with Crippen molar-refractivity contribution in [1.82, 2.24) is 4.98 Å². The van der Waals surface area contributed by atoms with Crippen LogP contribution in [-0.4, -0.2) is 18.1 Å². The summed E-state index contributed by atoms with van der Waals surface area (Å²) in [6, 6.07) is 16.1. The summed E-state index contributed by atoms with van der Waals surface area (Å²) in [5, 5.41) is 11.4. The van der Waals surface area contributed by atoms with Crippen molar-refractivity contribution in [3.8, 4) is 17.2 Å². The molecule has 1 aliphatic rings. The first-order chi connectivity index (χ1) is 13.1. The van der Waals surface area contributed by atoms with Gasteiger partial charge in [-0.05, 0) is 31.5 Å². The number of fused-ring (bicyclic) bond motifs is 1. The predicted molar refractivity (Wildman–Crippen MR) is 112 cm³/mol. The summed E-state index contributed by atoms with van der Waals surface area (Å²) in [7, 11) is 0. The van der Waals surface area contributed by atoms with Gasteiger partial charge in [0, 0.05) is 56.6 Å². The van der Waals surface area contributed by atoms with Crippen LogP contribution in [0.1, 0.15) is 12.1 Å². The lowest BCUT2D eigenvalue weighted by atomic mass is 9.99. The van der Waals surface area contributed by atoms with E-state index in [-0.39, 0.29) is 0 Å². The number of hydrogen-bond donors (Lipinski definition) is 0. The third-order valence-electron chi connectivity index (χ3n) is 4.86. The Morgan fingerprint density at radius 2 is 1.96 bits per heavy atom. The summed E-state index contributed by atoms with van der Waals surface area (Å²) in [5.74, 6) is 0. The standard InChI is InChI=1S/C22H17Cl2N3/c1-14-11-21(27-9-7-15(13-25)8-10-27)19-4-2-3-18(22(19)26-14)17-6-5-16(23)12-20(17)24/h2-7,11-12H,8-10H2,1H3. The molecule has 0 spiro atoms. The van der Waals surface area contributed by atoms with Crippen LogP contribution in [0, 0.1) is 18.3 Å². The Hall–Kier alpha value is -2.54. The Morgan fingerprint density at radius 1 is 1.11 bits per heavy atom. The van der Waals surface area contributed by atoms with Crippen molar-refractivity contribution in [3.05, 3.63) is 69.9 Å². The predicted octanol–water partition coefficient (Wildman–Crippen LogP) is 6.18. The molecule has 0 N–H and O–H groups in total. The zero-order valence-corrected chi connectivity index (χ0v) is 16.3. The Balaban J connectivity index is 1.89. The van der Waals surface area contributed by atoms with Crippen molar-refractivity contribution in [2.75, 3.05) is 18.0 Å². The van der Waals surface area contributed by atoms with Crippen LogP contribution in [-0.2, 0) is 0 Å². The second-order valence-electron chi connectivity index (χ2n) is 6.65. The summed E-state index contributed by atoms with van der Waals surface area (Å²) >= 11 is 12.5. The number of para-hydroxylation sites is 1. The Morgan fingerprint density at radius 3 is 2.67 bits per heavy atom. The van der Waals surface area contributed by atoms with Crippen molar-refractivity contribution < 1.29 is 0 Å². The lowest BCUT2D eigenvalue weighted by Gasteiger charge is -2.28. The van der Waals surface area contributed by atoms with Gasteiger partial charge < -0.3 is 4.90 Å². The molecule has 4 rings (SSSR count). The van der Waals surface area contributed by atoms with Crippen molar-refractivity contribution >= 4 is 39.8 Å². The van der Waals surface area contributed by atoms with Crippen molar-refractivity contribution in [2.45, 2.75) is 13.3 Å². The molecule has 2 aromatic carbocycles. The number of aromatic nitrogens is 1. The molecule has 27 heavy (non-hydrogen) atoms. The van der Waals surface area contributed by atoms with Crippen LogP contribution in [0.5, 0.6) is 0 Å². The average molecular weight is 394 g/mol. The minimum absolute atomic E-state index is 0.611. The number of rotatable bonds is 2. The number of nitrogens with zero attached hydrogens (tertiary/aromatic N) is 3. The van der Waals surface area contributed by atoms with Gasteiger partial charge in [-0.1, -0.05) is 53.5 Å². The molecule has 0 fully saturated rings. The van der Waals surface area contributed by atoms with Crippen LogP contribution in [0.3, 0.4) is 0 Å². The Kier molecular flexibility index (Phi) is 4.78. The van der Waals surface area contributed by atoms with E-state index in [0.29, 0.717) is 10.0 Å². The van der Waals surface area contributed by atoms with Crippen molar-refractivity contribution in [1.29, 1.82) is 5.26 Å². The van der Waals surface area contributed by atoms with Crippen molar-refractivity contribution in [2.24, 2.45) is 0 Å². The van der Waals surface area contributed by atoms with Crippen LogP contribution in [0.2, 0.25) is 10.0 Å². The van der Waals surface area contributed by atoms with Gasteiger partial charge in [-0.25, -0.2) is 0 Å². The highest BCUT2D eigenvalue weighted by molar-refractivity contribution is 6.36. The molecule has 1 aromatic heterocycles. The second-order valence-corrected chi connectivity index (χ2v) is 7.49. The quantitative estimate of drug-likeness (QED) is 0.521. The largest absolute Gasteiger partial charge is 0.367 e. The summed E-state index contributed by atoms with van der Waals surface area (Å²) in [4.78, 5) is 7.11. The van der Waals surface area contributed by atoms with E-state index in [1.165, 1.54) is 0 Å².